The number of fused-ring (bicyclic) bond motifs is 1. The molecule has 8 heteroatoms. The first-order valence-corrected chi connectivity index (χ1v) is 4.63. The molecule has 8 nitrogen and oxygen atoms in total. The lowest BCUT2D eigenvalue weighted by molar-refractivity contribution is -0.383. The van der Waals surface area contributed by atoms with Gasteiger partial charge in [-0.15, -0.1) is 10.2 Å². The molecule has 0 bridgehead atoms. The van der Waals surface area contributed by atoms with Gasteiger partial charge in [0, 0.05) is 6.07 Å². The number of nitro groups is 1. The Morgan fingerprint density at radius 1 is 1.47 bits per heavy atom. The van der Waals surface area contributed by atoms with Crippen LogP contribution in [0.25, 0.3) is 5.65 Å². The van der Waals surface area contributed by atoms with E-state index in [0.29, 0.717) is 5.82 Å². The van der Waals surface area contributed by atoms with Crippen molar-refractivity contribution in [2.24, 2.45) is 0 Å². The summed E-state index contributed by atoms with van der Waals surface area (Å²) in [5, 5.41) is 18.2. The number of carbonyl (C=O) groups is 1. The summed E-state index contributed by atoms with van der Waals surface area (Å²) in [4.78, 5) is 21.7. The van der Waals surface area contributed by atoms with Crippen LogP contribution >= 0.6 is 0 Å². The first kappa shape index (κ1) is 11.0. The van der Waals surface area contributed by atoms with E-state index in [1.807, 2.05) is 0 Å². The number of nitrogens with zero attached hydrogens (tertiary/aromatic N) is 4. The fraction of sp³-hybridized carbons (Fsp3) is 0.222. The fourth-order valence-corrected chi connectivity index (χ4v) is 1.53. The highest BCUT2D eigenvalue weighted by atomic mass is 16.6. The van der Waals surface area contributed by atoms with Crippen LogP contribution in [0.1, 0.15) is 16.3 Å². The molecule has 0 aliphatic carbocycles. The van der Waals surface area contributed by atoms with Gasteiger partial charge in [0.1, 0.15) is 11.5 Å². The van der Waals surface area contributed by atoms with E-state index in [-0.39, 0.29) is 17.0 Å². The molecule has 0 aromatic carbocycles. The molecule has 0 saturated heterocycles. The van der Waals surface area contributed by atoms with Gasteiger partial charge >= 0.3 is 11.7 Å². The predicted molar refractivity (Wildman–Crippen MR) is 55.7 cm³/mol. The largest absolute Gasteiger partial charge is 0.464 e. The van der Waals surface area contributed by atoms with Gasteiger partial charge < -0.3 is 4.74 Å². The van der Waals surface area contributed by atoms with Gasteiger partial charge in [-0.1, -0.05) is 0 Å². The summed E-state index contributed by atoms with van der Waals surface area (Å²) in [7, 11) is 1.23. The summed E-state index contributed by atoms with van der Waals surface area (Å²) in [6.07, 6.45) is 0. The Bertz CT molecular complexity index is 619. The maximum absolute atomic E-state index is 11.5. The normalized spacial score (nSPS) is 10.5. The number of methoxy groups -OCH3 is 1. The summed E-state index contributed by atoms with van der Waals surface area (Å²) in [5.74, 6) is -0.225. The summed E-state index contributed by atoms with van der Waals surface area (Å²) in [6.45, 7) is 1.59. The summed E-state index contributed by atoms with van der Waals surface area (Å²) in [5.41, 5.74) is -0.0377. The van der Waals surface area contributed by atoms with E-state index in [1.54, 1.807) is 6.92 Å². The number of rotatable bonds is 2. The van der Waals surface area contributed by atoms with Crippen LogP contribution in [-0.4, -0.2) is 32.6 Å². The van der Waals surface area contributed by atoms with E-state index < -0.39 is 10.9 Å². The lowest BCUT2D eigenvalue weighted by atomic mass is 10.3. The number of esters is 1. The van der Waals surface area contributed by atoms with Gasteiger partial charge in [0.25, 0.3) is 0 Å². The standard InChI is InChI=1S/C9H8N4O4/c1-5-10-11-8-6(13(15)16)3-4-7(12(5)8)9(14)17-2/h3-4H,1-2H3. The van der Waals surface area contributed by atoms with Crippen LogP contribution in [0.4, 0.5) is 5.69 Å². The molecular formula is C9H8N4O4. The third-order valence-corrected chi connectivity index (χ3v) is 2.29. The van der Waals surface area contributed by atoms with E-state index in [0.717, 1.165) is 0 Å². The van der Waals surface area contributed by atoms with Crippen molar-refractivity contribution in [1.29, 1.82) is 0 Å². The van der Waals surface area contributed by atoms with Gasteiger partial charge in [-0.25, -0.2) is 4.79 Å². The van der Waals surface area contributed by atoms with E-state index in [2.05, 4.69) is 14.9 Å². The summed E-state index contributed by atoms with van der Waals surface area (Å²) in [6, 6.07) is 2.52. The number of aromatic nitrogens is 3. The maximum Gasteiger partial charge on any atom is 0.355 e. The molecule has 0 saturated carbocycles. The average Bonchev–Trinajstić information content (AvgIpc) is 2.69. The third-order valence-electron chi connectivity index (χ3n) is 2.29. The second-order valence-corrected chi connectivity index (χ2v) is 3.26. The number of carbonyl (C=O) groups excluding carboxylic acids is 1. The van der Waals surface area contributed by atoms with Crippen molar-refractivity contribution in [2.45, 2.75) is 6.92 Å². The molecule has 0 spiro atoms. The highest BCUT2D eigenvalue weighted by Gasteiger charge is 2.21. The van der Waals surface area contributed by atoms with Crippen LogP contribution in [0.5, 0.6) is 0 Å². The first-order chi connectivity index (χ1) is 8.06. The van der Waals surface area contributed by atoms with E-state index >= 15 is 0 Å². The molecule has 0 aliphatic heterocycles. The Labute approximate surface area is 95.0 Å². The Morgan fingerprint density at radius 3 is 2.76 bits per heavy atom. The minimum absolute atomic E-state index is 0.0235. The van der Waals surface area contributed by atoms with Crippen molar-refractivity contribution in [3.05, 3.63) is 33.8 Å². The Balaban J connectivity index is 2.82. The quantitative estimate of drug-likeness (QED) is 0.433. The van der Waals surface area contributed by atoms with Gasteiger partial charge in [0.05, 0.1) is 12.0 Å². The highest BCUT2D eigenvalue weighted by Crippen LogP contribution is 2.20. The van der Waals surface area contributed by atoms with Gasteiger partial charge in [0.2, 0.25) is 5.65 Å². The lowest BCUT2D eigenvalue weighted by Crippen LogP contribution is -2.10. The zero-order valence-electron chi connectivity index (χ0n) is 9.08. The average molecular weight is 236 g/mol. The van der Waals surface area contributed by atoms with Crippen LogP contribution in [0.3, 0.4) is 0 Å². The molecule has 0 N–H and O–H groups in total. The third kappa shape index (κ3) is 1.59. The zero-order chi connectivity index (χ0) is 12.6. The van der Waals surface area contributed by atoms with Crippen LogP contribution < -0.4 is 0 Å². The molecular weight excluding hydrogens is 228 g/mol. The molecule has 0 amide bonds. The molecule has 0 aliphatic rings. The maximum atomic E-state index is 11.5. The molecule has 2 aromatic heterocycles. The number of pyridine rings is 1. The van der Waals surface area contributed by atoms with Crippen LogP contribution in [0.2, 0.25) is 0 Å². The van der Waals surface area contributed by atoms with Crippen LogP contribution in [0, 0.1) is 17.0 Å². The van der Waals surface area contributed by atoms with Crippen LogP contribution in [-0.2, 0) is 4.74 Å². The van der Waals surface area contributed by atoms with Crippen molar-refractivity contribution in [2.75, 3.05) is 7.11 Å². The fourth-order valence-electron chi connectivity index (χ4n) is 1.53. The molecule has 2 heterocycles. The van der Waals surface area contributed by atoms with Crippen molar-refractivity contribution in [1.82, 2.24) is 14.6 Å². The second-order valence-electron chi connectivity index (χ2n) is 3.26. The first-order valence-electron chi connectivity index (χ1n) is 4.63. The van der Waals surface area contributed by atoms with Crippen molar-refractivity contribution < 1.29 is 14.5 Å². The van der Waals surface area contributed by atoms with E-state index in [4.69, 9.17) is 0 Å². The molecule has 88 valence electrons. The van der Waals surface area contributed by atoms with Gasteiger partial charge in [-0.2, -0.15) is 0 Å². The topological polar surface area (TPSA) is 99.6 Å². The molecule has 2 rings (SSSR count). The Kier molecular flexibility index (Phi) is 2.47. The zero-order valence-corrected chi connectivity index (χ0v) is 9.08. The monoisotopic (exact) mass is 236 g/mol. The molecule has 0 fully saturated rings. The molecule has 0 radical (unpaired) electrons. The van der Waals surface area contributed by atoms with E-state index in [1.165, 1.54) is 23.6 Å². The molecule has 0 atom stereocenters. The van der Waals surface area contributed by atoms with Crippen molar-refractivity contribution in [3.63, 3.8) is 0 Å². The van der Waals surface area contributed by atoms with E-state index in [9.17, 15) is 14.9 Å². The highest BCUT2D eigenvalue weighted by molar-refractivity contribution is 5.89. The Hall–Kier alpha value is -2.51. The molecule has 17 heavy (non-hydrogen) atoms. The van der Waals surface area contributed by atoms with Gasteiger partial charge in [0.15, 0.2) is 0 Å². The predicted octanol–water partition coefficient (Wildman–Crippen LogP) is 0.733. The second kappa shape index (κ2) is 3.81. The number of hydrogen-bond acceptors (Lipinski definition) is 6. The van der Waals surface area contributed by atoms with Crippen molar-refractivity contribution >= 4 is 17.3 Å². The lowest BCUT2D eigenvalue weighted by Gasteiger charge is -2.03. The molecule has 2 aromatic rings. The summed E-state index contributed by atoms with van der Waals surface area (Å²) < 4.78 is 5.88. The minimum atomic E-state index is -0.604. The number of ether oxygens (including phenoxy) is 1. The summed E-state index contributed by atoms with van der Waals surface area (Å²) >= 11 is 0. The van der Waals surface area contributed by atoms with Crippen LogP contribution in [0.15, 0.2) is 12.1 Å². The number of hydrogen-bond donors (Lipinski definition) is 0. The van der Waals surface area contributed by atoms with Crippen molar-refractivity contribution in [3.8, 4) is 0 Å². The number of aryl methyl sites for hydroxylation is 1. The van der Waals surface area contributed by atoms with Gasteiger partial charge in [-0.3, -0.25) is 14.5 Å². The molecule has 0 unspecified atom stereocenters. The smallest absolute Gasteiger partial charge is 0.355 e. The van der Waals surface area contributed by atoms with Gasteiger partial charge in [-0.05, 0) is 13.0 Å². The minimum Gasteiger partial charge on any atom is -0.464 e. The Morgan fingerprint density at radius 2 is 2.18 bits per heavy atom. The SMILES string of the molecule is COC(=O)c1ccc([N+](=O)[O-])c2nnc(C)n12.